The Hall–Kier alpha value is -1.78. The Kier molecular flexibility index (Phi) is 3.39. The van der Waals surface area contributed by atoms with Crippen molar-refractivity contribution in [2.45, 2.75) is 32.2 Å². The molecule has 0 aliphatic carbocycles. The average molecular weight is 267 g/mol. The molecule has 19 heavy (non-hydrogen) atoms. The van der Waals surface area contributed by atoms with E-state index in [9.17, 15) is 18.4 Å². The minimum Gasteiger partial charge on any atom is -0.333 e. The lowest BCUT2D eigenvalue weighted by molar-refractivity contribution is -0.124. The number of hydrogen-bond donors (Lipinski definition) is 0. The molecule has 0 spiro atoms. The smallest absolute Gasteiger partial charge is 0.257 e. The summed E-state index contributed by atoms with van der Waals surface area (Å²) in [5.74, 6) is -1.90. The van der Waals surface area contributed by atoms with Crippen LogP contribution in [0, 0.1) is 11.6 Å². The predicted octanol–water partition coefficient (Wildman–Crippen LogP) is 2.55. The molecule has 0 saturated carbocycles. The Balaban J connectivity index is 2.33. The standard InChI is InChI=1S/C14H15F2NO2/c1-14(2)8-10(18)5-6-17(14)13(19)11-7-9(15)3-4-12(11)16/h3-4,7H,5-6,8H2,1-2H3. The average Bonchev–Trinajstić information content (AvgIpc) is 2.30. The van der Waals surface area contributed by atoms with Gasteiger partial charge in [-0.1, -0.05) is 0 Å². The number of carbonyl (C=O) groups is 2. The maximum absolute atomic E-state index is 13.6. The van der Waals surface area contributed by atoms with Gasteiger partial charge in [0.15, 0.2) is 0 Å². The summed E-state index contributed by atoms with van der Waals surface area (Å²) in [5.41, 5.74) is -0.965. The van der Waals surface area contributed by atoms with Crippen molar-refractivity contribution in [1.29, 1.82) is 0 Å². The quantitative estimate of drug-likeness (QED) is 0.784. The summed E-state index contributed by atoms with van der Waals surface area (Å²) < 4.78 is 26.8. The number of ketones is 1. The van der Waals surface area contributed by atoms with Gasteiger partial charge in [0.05, 0.1) is 5.56 Å². The molecule has 1 aliphatic rings. The van der Waals surface area contributed by atoms with E-state index in [1.54, 1.807) is 13.8 Å². The number of rotatable bonds is 1. The van der Waals surface area contributed by atoms with Crippen LogP contribution in [0.2, 0.25) is 0 Å². The first kappa shape index (κ1) is 13.6. The fourth-order valence-electron chi connectivity index (χ4n) is 2.39. The summed E-state index contributed by atoms with van der Waals surface area (Å²) in [6, 6.07) is 2.80. The van der Waals surface area contributed by atoms with Gasteiger partial charge in [0.1, 0.15) is 17.4 Å². The Labute approximate surface area is 110 Å². The minimum atomic E-state index is -0.751. The first-order valence-electron chi connectivity index (χ1n) is 6.10. The molecule has 0 unspecified atom stereocenters. The first-order valence-corrected chi connectivity index (χ1v) is 6.10. The Morgan fingerprint density at radius 3 is 2.63 bits per heavy atom. The molecule has 102 valence electrons. The molecular formula is C14H15F2NO2. The van der Waals surface area contributed by atoms with Crippen LogP contribution in [0.4, 0.5) is 8.78 Å². The molecule has 1 amide bonds. The van der Waals surface area contributed by atoms with Crippen LogP contribution < -0.4 is 0 Å². The van der Waals surface area contributed by atoms with E-state index in [4.69, 9.17) is 0 Å². The van der Waals surface area contributed by atoms with Gasteiger partial charge in [0.25, 0.3) is 5.91 Å². The lowest BCUT2D eigenvalue weighted by Crippen LogP contribution is -2.53. The number of carbonyl (C=O) groups excluding carboxylic acids is 2. The van der Waals surface area contributed by atoms with Crippen LogP contribution in [0.3, 0.4) is 0 Å². The number of likely N-dealkylation sites (tertiary alicyclic amines) is 1. The molecule has 1 fully saturated rings. The topological polar surface area (TPSA) is 37.4 Å². The van der Waals surface area contributed by atoms with Crippen LogP contribution in [-0.2, 0) is 4.79 Å². The van der Waals surface area contributed by atoms with Gasteiger partial charge < -0.3 is 4.90 Å². The molecular weight excluding hydrogens is 252 g/mol. The van der Waals surface area contributed by atoms with Gasteiger partial charge in [-0.05, 0) is 32.0 Å². The largest absolute Gasteiger partial charge is 0.333 e. The van der Waals surface area contributed by atoms with E-state index >= 15 is 0 Å². The van der Waals surface area contributed by atoms with Crippen molar-refractivity contribution >= 4 is 11.7 Å². The summed E-state index contributed by atoms with van der Waals surface area (Å²) >= 11 is 0. The summed E-state index contributed by atoms with van der Waals surface area (Å²) in [7, 11) is 0. The van der Waals surface area contributed by atoms with E-state index in [0.717, 1.165) is 18.2 Å². The first-order chi connectivity index (χ1) is 8.81. The molecule has 0 bridgehead atoms. The van der Waals surface area contributed by atoms with Crippen molar-refractivity contribution in [2.75, 3.05) is 6.54 Å². The van der Waals surface area contributed by atoms with Gasteiger partial charge in [0, 0.05) is 24.9 Å². The van der Waals surface area contributed by atoms with E-state index in [1.165, 1.54) is 4.90 Å². The fourth-order valence-corrected chi connectivity index (χ4v) is 2.39. The Morgan fingerprint density at radius 1 is 1.32 bits per heavy atom. The summed E-state index contributed by atoms with van der Waals surface area (Å²) in [6.45, 7) is 3.74. The van der Waals surface area contributed by atoms with Crippen LogP contribution in [0.1, 0.15) is 37.0 Å². The number of benzene rings is 1. The molecule has 1 aromatic rings. The molecule has 1 aliphatic heterocycles. The zero-order chi connectivity index (χ0) is 14.2. The van der Waals surface area contributed by atoms with Crippen molar-refractivity contribution in [3.63, 3.8) is 0 Å². The highest BCUT2D eigenvalue weighted by atomic mass is 19.1. The van der Waals surface area contributed by atoms with Crippen LogP contribution in [0.5, 0.6) is 0 Å². The minimum absolute atomic E-state index is 0.0776. The van der Waals surface area contributed by atoms with Crippen LogP contribution in [0.15, 0.2) is 18.2 Å². The Morgan fingerprint density at radius 2 is 2.00 bits per heavy atom. The maximum atomic E-state index is 13.6. The summed E-state index contributed by atoms with van der Waals surface area (Å²) in [6.07, 6.45) is 0.488. The van der Waals surface area contributed by atoms with E-state index in [1.807, 2.05) is 0 Å². The second-order valence-electron chi connectivity index (χ2n) is 5.36. The number of hydrogen-bond acceptors (Lipinski definition) is 2. The Bertz CT molecular complexity index is 540. The van der Waals surface area contributed by atoms with Crippen molar-refractivity contribution < 1.29 is 18.4 Å². The molecule has 2 rings (SSSR count). The molecule has 3 nitrogen and oxygen atoms in total. The molecule has 5 heteroatoms. The van der Waals surface area contributed by atoms with Gasteiger partial charge in [-0.3, -0.25) is 9.59 Å². The maximum Gasteiger partial charge on any atom is 0.257 e. The highest BCUT2D eigenvalue weighted by Gasteiger charge is 2.37. The molecule has 1 saturated heterocycles. The van der Waals surface area contributed by atoms with Gasteiger partial charge in [-0.15, -0.1) is 0 Å². The highest BCUT2D eigenvalue weighted by molar-refractivity contribution is 5.96. The number of halogens is 2. The number of nitrogens with zero attached hydrogens (tertiary/aromatic N) is 1. The van der Waals surface area contributed by atoms with E-state index in [0.29, 0.717) is 0 Å². The van der Waals surface area contributed by atoms with Gasteiger partial charge in [-0.2, -0.15) is 0 Å². The van der Waals surface area contributed by atoms with Crippen LogP contribution >= 0.6 is 0 Å². The van der Waals surface area contributed by atoms with Crippen molar-refractivity contribution in [3.05, 3.63) is 35.4 Å². The summed E-state index contributed by atoms with van der Waals surface area (Å²) in [4.78, 5) is 25.2. The number of piperidine rings is 1. The monoisotopic (exact) mass is 267 g/mol. The van der Waals surface area contributed by atoms with Crippen LogP contribution in [-0.4, -0.2) is 28.7 Å². The lowest BCUT2D eigenvalue weighted by Gasteiger charge is -2.41. The van der Waals surface area contributed by atoms with E-state index in [2.05, 4.69) is 0 Å². The SMILES string of the molecule is CC1(C)CC(=O)CCN1C(=O)c1cc(F)ccc1F. The normalized spacial score (nSPS) is 18.5. The summed E-state index contributed by atoms with van der Waals surface area (Å²) in [5, 5.41) is 0. The zero-order valence-electron chi connectivity index (χ0n) is 10.9. The van der Waals surface area contributed by atoms with Gasteiger partial charge in [0.2, 0.25) is 0 Å². The van der Waals surface area contributed by atoms with Crippen molar-refractivity contribution in [2.24, 2.45) is 0 Å². The second-order valence-corrected chi connectivity index (χ2v) is 5.36. The third-order valence-corrected chi connectivity index (χ3v) is 3.38. The molecule has 1 heterocycles. The lowest BCUT2D eigenvalue weighted by atomic mass is 9.89. The third kappa shape index (κ3) is 2.64. The molecule has 1 aromatic carbocycles. The fraction of sp³-hybridized carbons (Fsp3) is 0.429. The van der Waals surface area contributed by atoms with E-state index in [-0.39, 0.29) is 30.7 Å². The molecule has 0 atom stereocenters. The van der Waals surface area contributed by atoms with Gasteiger partial charge in [-0.25, -0.2) is 8.78 Å². The third-order valence-electron chi connectivity index (χ3n) is 3.38. The van der Waals surface area contributed by atoms with E-state index < -0.39 is 23.1 Å². The molecule has 0 N–H and O–H groups in total. The second kappa shape index (κ2) is 4.72. The highest BCUT2D eigenvalue weighted by Crippen LogP contribution is 2.27. The van der Waals surface area contributed by atoms with Gasteiger partial charge >= 0.3 is 0 Å². The number of Topliss-reactive ketones (excluding diaryl/α,β-unsaturated/α-hetero) is 1. The van der Waals surface area contributed by atoms with Crippen LogP contribution in [0.25, 0.3) is 0 Å². The zero-order valence-corrected chi connectivity index (χ0v) is 10.9. The molecule has 0 aromatic heterocycles. The van der Waals surface area contributed by atoms with Crippen molar-refractivity contribution in [1.82, 2.24) is 4.90 Å². The number of amides is 1. The predicted molar refractivity (Wildman–Crippen MR) is 65.7 cm³/mol. The molecule has 0 radical (unpaired) electrons. The van der Waals surface area contributed by atoms with Crippen molar-refractivity contribution in [3.8, 4) is 0 Å².